The van der Waals surface area contributed by atoms with Crippen molar-refractivity contribution in [1.29, 1.82) is 0 Å². The molecule has 2 aromatic carbocycles. The highest BCUT2D eigenvalue weighted by Crippen LogP contribution is 2.16. The molecule has 0 bridgehead atoms. The topological polar surface area (TPSA) is 29.1 Å². The van der Waals surface area contributed by atoms with Gasteiger partial charge in [-0.05, 0) is 22.8 Å². The van der Waals surface area contributed by atoms with Gasteiger partial charge < -0.3 is 4.79 Å². The van der Waals surface area contributed by atoms with Gasteiger partial charge in [0.05, 0.1) is 11.7 Å². The normalized spacial score (nSPS) is 12.5. The largest absolute Gasteiger partial charge is 0.311 e. The van der Waals surface area contributed by atoms with Gasteiger partial charge in [0.25, 0.3) is 0 Å². The van der Waals surface area contributed by atoms with Crippen LogP contribution in [0.5, 0.6) is 0 Å². The third-order valence-electron chi connectivity index (χ3n) is 2.80. The molecule has 2 atom stereocenters. The van der Waals surface area contributed by atoms with Gasteiger partial charge in [0.2, 0.25) is 0 Å². The zero-order valence-electron chi connectivity index (χ0n) is 9.39. The van der Waals surface area contributed by atoms with Crippen LogP contribution in [0.2, 0.25) is 0 Å². The molecule has 84 valence electrons. The van der Waals surface area contributed by atoms with Crippen LogP contribution in [0, 0.1) is 0 Å². The van der Waals surface area contributed by atoms with Crippen LogP contribution in [0.4, 0.5) is 0 Å². The lowest BCUT2D eigenvalue weighted by atomic mass is 9.90. The van der Waals surface area contributed by atoms with Crippen molar-refractivity contribution in [1.82, 2.24) is 5.09 Å². The van der Waals surface area contributed by atoms with Gasteiger partial charge >= 0.3 is 0 Å². The molecule has 0 aliphatic carbocycles. The second-order valence-electron chi connectivity index (χ2n) is 4.01. The maximum atomic E-state index is 11.1. The number of hydrogen-bond acceptors (Lipinski definition) is 2. The van der Waals surface area contributed by atoms with Crippen LogP contribution in [0.1, 0.15) is 5.56 Å². The third kappa shape index (κ3) is 2.93. The van der Waals surface area contributed by atoms with Gasteiger partial charge in [-0.3, -0.25) is 5.09 Å². The summed E-state index contributed by atoms with van der Waals surface area (Å²) >= 11 is 0. The highest BCUT2D eigenvalue weighted by Gasteiger charge is 2.11. The predicted octanol–water partition coefficient (Wildman–Crippen LogP) is 1.83. The highest BCUT2D eigenvalue weighted by atomic mass is 31.0. The van der Waals surface area contributed by atoms with Gasteiger partial charge in [-0.1, -0.05) is 51.9 Å². The van der Waals surface area contributed by atoms with E-state index < -0.39 is 0 Å². The number of rotatable bonds is 4. The lowest BCUT2D eigenvalue weighted by Gasteiger charge is -2.13. The average Bonchev–Trinajstić information content (AvgIpc) is 2.35. The van der Waals surface area contributed by atoms with E-state index in [1.165, 1.54) is 10.8 Å². The molecule has 0 aliphatic rings. The summed E-state index contributed by atoms with van der Waals surface area (Å²) in [6.45, 7) is 0. The van der Waals surface area contributed by atoms with E-state index in [1.54, 1.807) is 0 Å². The highest BCUT2D eigenvalue weighted by molar-refractivity contribution is 7.13. The summed E-state index contributed by atoms with van der Waals surface area (Å²) in [5, 5.41) is 5.22. The Morgan fingerprint density at radius 3 is 2.59 bits per heavy atom. The molecule has 0 heterocycles. The van der Waals surface area contributed by atoms with Gasteiger partial charge in [-0.2, -0.15) is 0 Å². The van der Waals surface area contributed by atoms with E-state index >= 15 is 0 Å². The first kappa shape index (κ1) is 12.3. The van der Waals surface area contributed by atoms with Crippen LogP contribution < -0.4 is 5.09 Å². The summed E-state index contributed by atoms with van der Waals surface area (Å²) in [6, 6.07) is 14.0. The number of carbonyl (C=O) groups excluding carboxylic acids is 1. The smallest absolute Gasteiger partial charge is 0.170 e. The number of fused-ring (bicyclic) bond motifs is 1. The number of nitrogens with one attached hydrogen (secondary N) is 1. The van der Waals surface area contributed by atoms with E-state index in [2.05, 4.69) is 38.7 Å². The Balaban J connectivity index is 2.27. The molecular formula is C13H13BNOP. The number of hydrogen-bond donors (Lipinski definition) is 1. The standard InChI is InChI=1S/C13H13BNOP/c14-13(16)12(15-17)8-9-5-6-10-3-1-2-4-11(10)7-9/h1-7,12,15H,8,17H2/t12-/m0/s1. The van der Waals surface area contributed by atoms with Gasteiger partial charge in [-0.15, -0.1) is 0 Å². The van der Waals surface area contributed by atoms with E-state index in [-0.39, 0.29) is 11.7 Å². The molecule has 0 saturated heterocycles. The zero-order valence-corrected chi connectivity index (χ0v) is 10.5. The van der Waals surface area contributed by atoms with Crippen molar-refractivity contribution in [3.63, 3.8) is 0 Å². The molecule has 2 nitrogen and oxygen atoms in total. The van der Waals surface area contributed by atoms with Crippen LogP contribution in [0.25, 0.3) is 10.8 Å². The minimum absolute atomic E-state index is 0.340. The monoisotopic (exact) mass is 241 g/mol. The van der Waals surface area contributed by atoms with Crippen molar-refractivity contribution < 1.29 is 4.79 Å². The van der Waals surface area contributed by atoms with Crippen molar-refractivity contribution in [3.05, 3.63) is 48.0 Å². The first-order chi connectivity index (χ1) is 8.20. The van der Waals surface area contributed by atoms with E-state index in [4.69, 9.17) is 7.85 Å². The minimum atomic E-state index is -0.346. The molecule has 0 amide bonds. The quantitative estimate of drug-likeness (QED) is 0.653. The lowest BCUT2D eigenvalue weighted by molar-refractivity contribution is -0.113. The first-order valence-electron chi connectivity index (χ1n) is 5.44. The Bertz CT molecular complexity index is 544. The average molecular weight is 241 g/mol. The summed E-state index contributed by atoms with van der Waals surface area (Å²) in [5.41, 5.74) is 0.760. The maximum Gasteiger partial charge on any atom is 0.170 e. The molecule has 0 aromatic heterocycles. The number of carbonyl (C=O) groups is 1. The van der Waals surface area contributed by atoms with Crippen LogP contribution in [-0.2, 0) is 11.2 Å². The number of benzene rings is 2. The second kappa shape index (κ2) is 5.44. The summed E-state index contributed by atoms with van der Waals surface area (Å²) in [4.78, 5) is 11.1. The van der Waals surface area contributed by atoms with Gasteiger partial charge in [-0.25, -0.2) is 0 Å². The molecule has 1 unspecified atom stereocenters. The Hall–Kier alpha value is -1.18. The molecule has 2 aromatic rings. The molecule has 4 heteroatoms. The molecule has 0 fully saturated rings. The van der Waals surface area contributed by atoms with Crippen molar-refractivity contribution in [2.45, 2.75) is 12.5 Å². The molecule has 2 radical (unpaired) electrons. The fourth-order valence-electron chi connectivity index (χ4n) is 1.84. The SMILES string of the molecule is [B]C(=O)[C@H](Cc1ccc2ccccc2c1)NP. The molecule has 0 aliphatic heterocycles. The van der Waals surface area contributed by atoms with Gasteiger partial charge in [0, 0.05) is 0 Å². The van der Waals surface area contributed by atoms with Crippen LogP contribution in [-0.4, -0.2) is 19.6 Å². The van der Waals surface area contributed by atoms with Gasteiger partial charge in [0.1, 0.15) is 0 Å². The maximum absolute atomic E-state index is 11.1. The van der Waals surface area contributed by atoms with E-state index in [0.29, 0.717) is 6.42 Å². The Labute approximate surface area is 104 Å². The lowest BCUT2D eigenvalue weighted by Crippen LogP contribution is -2.32. The van der Waals surface area contributed by atoms with Crippen LogP contribution in [0.15, 0.2) is 42.5 Å². The van der Waals surface area contributed by atoms with Gasteiger partial charge in [0.15, 0.2) is 7.85 Å². The molecule has 0 saturated carbocycles. The first-order valence-corrected chi connectivity index (χ1v) is 6.01. The molecule has 0 spiro atoms. The van der Waals surface area contributed by atoms with E-state index in [9.17, 15) is 4.79 Å². The van der Waals surface area contributed by atoms with Crippen molar-refractivity contribution >= 4 is 33.7 Å². The van der Waals surface area contributed by atoms with Crippen LogP contribution >= 0.6 is 9.39 Å². The van der Waals surface area contributed by atoms with Crippen molar-refractivity contribution in [3.8, 4) is 0 Å². The molecular weight excluding hydrogens is 228 g/mol. The predicted molar refractivity (Wildman–Crippen MR) is 75.0 cm³/mol. The van der Waals surface area contributed by atoms with Crippen molar-refractivity contribution in [2.24, 2.45) is 0 Å². The molecule has 2 rings (SSSR count). The fraction of sp³-hybridized carbons (Fsp3) is 0.154. The minimum Gasteiger partial charge on any atom is -0.311 e. The Morgan fingerprint density at radius 1 is 1.24 bits per heavy atom. The third-order valence-corrected chi connectivity index (χ3v) is 3.20. The van der Waals surface area contributed by atoms with Crippen LogP contribution in [0.3, 0.4) is 0 Å². The Morgan fingerprint density at radius 2 is 1.94 bits per heavy atom. The summed E-state index contributed by atoms with van der Waals surface area (Å²) < 4.78 is 0. The summed E-state index contributed by atoms with van der Waals surface area (Å²) in [5.74, 6) is 0. The fourth-order valence-corrected chi connectivity index (χ4v) is 2.13. The zero-order chi connectivity index (χ0) is 12.3. The van der Waals surface area contributed by atoms with Crippen molar-refractivity contribution in [2.75, 3.05) is 0 Å². The summed E-state index contributed by atoms with van der Waals surface area (Å²) in [7, 11) is 7.63. The molecule has 1 N–H and O–H groups in total. The second-order valence-corrected chi connectivity index (χ2v) is 4.34. The van der Waals surface area contributed by atoms with E-state index in [0.717, 1.165) is 5.56 Å². The Kier molecular flexibility index (Phi) is 3.93. The molecule has 17 heavy (non-hydrogen) atoms. The van der Waals surface area contributed by atoms with E-state index in [1.807, 2.05) is 18.2 Å². The summed E-state index contributed by atoms with van der Waals surface area (Å²) in [6.07, 6.45) is 0.601.